The van der Waals surface area contributed by atoms with E-state index in [0.29, 0.717) is 48.7 Å². The molecule has 0 atom stereocenters. The number of nitrogens with one attached hydrogen (secondary N) is 2. The Morgan fingerprint density at radius 2 is 1.96 bits per heavy atom. The van der Waals surface area contributed by atoms with Gasteiger partial charge in [0.25, 0.3) is 11.5 Å². The van der Waals surface area contributed by atoms with Crippen LogP contribution in [0.2, 0.25) is 0 Å². The summed E-state index contributed by atoms with van der Waals surface area (Å²) >= 11 is 0. The molecule has 3 rings (SSSR count). The van der Waals surface area contributed by atoms with E-state index in [-0.39, 0.29) is 17.5 Å². The molecule has 1 saturated heterocycles. The van der Waals surface area contributed by atoms with Gasteiger partial charge in [-0.1, -0.05) is 12.7 Å². The van der Waals surface area contributed by atoms with Gasteiger partial charge in [0.05, 0.1) is 18.0 Å². The number of carbonyl (C=O) groups excluding carboxylic acids is 1. The van der Waals surface area contributed by atoms with E-state index in [4.69, 9.17) is 0 Å². The van der Waals surface area contributed by atoms with Crippen LogP contribution in [0.15, 0.2) is 30.0 Å². The highest BCUT2D eigenvalue weighted by Crippen LogP contribution is 2.19. The molecule has 2 aromatic heterocycles. The second-order valence-corrected chi connectivity index (χ2v) is 6.64. The van der Waals surface area contributed by atoms with Gasteiger partial charge in [-0.05, 0) is 12.8 Å². The van der Waals surface area contributed by atoms with Crippen molar-refractivity contribution in [3.8, 4) is 0 Å². The first-order valence-corrected chi connectivity index (χ1v) is 9.01. The number of pyridine rings is 1. The molecule has 0 unspecified atom stereocenters. The zero-order valence-electron chi connectivity index (χ0n) is 15.9. The molecule has 2 aromatic rings. The Morgan fingerprint density at radius 3 is 2.54 bits per heavy atom. The van der Waals surface area contributed by atoms with E-state index in [1.54, 1.807) is 14.1 Å². The zero-order valence-corrected chi connectivity index (χ0v) is 15.9. The molecule has 1 fully saturated rings. The number of anilines is 2. The van der Waals surface area contributed by atoms with E-state index in [0.717, 1.165) is 12.4 Å². The lowest BCUT2D eigenvalue weighted by Crippen LogP contribution is -2.45. The summed E-state index contributed by atoms with van der Waals surface area (Å²) in [5, 5.41) is 5.88. The van der Waals surface area contributed by atoms with Gasteiger partial charge in [0.2, 0.25) is 5.95 Å². The number of hydrogen-bond acceptors (Lipinski definition) is 6. The van der Waals surface area contributed by atoms with E-state index in [1.807, 2.05) is 4.90 Å². The third-order valence-corrected chi connectivity index (χ3v) is 4.83. The minimum Gasteiger partial charge on any atom is -0.383 e. The summed E-state index contributed by atoms with van der Waals surface area (Å²) in [5.41, 5.74) is 1.00. The summed E-state index contributed by atoms with van der Waals surface area (Å²) in [6.07, 6.45) is 6.74. The normalized spacial score (nSPS) is 14.6. The van der Waals surface area contributed by atoms with Crippen molar-refractivity contribution in [1.29, 1.82) is 0 Å². The molecular formula is C19H23FN6O2. The van der Waals surface area contributed by atoms with Gasteiger partial charge in [-0.15, -0.1) is 0 Å². The van der Waals surface area contributed by atoms with Gasteiger partial charge < -0.3 is 20.1 Å². The van der Waals surface area contributed by atoms with Gasteiger partial charge in [-0.25, -0.2) is 14.4 Å². The number of piperidine rings is 1. The van der Waals surface area contributed by atoms with Crippen LogP contribution in [-0.2, 0) is 7.05 Å². The topological polar surface area (TPSA) is 92.2 Å². The largest absolute Gasteiger partial charge is 0.383 e. The van der Waals surface area contributed by atoms with Gasteiger partial charge in [0.1, 0.15) is 5.69 Å². The van der Waals surface area contributed by atoms with E-state index in [2.05, 4.69) is 27.2 Å². The molecule has 8 nitrogen and oxygen atoms in total. The van der Waals surface area contributed by atoms with Crippen molar-refractivity contribution < 1.29 is 9.18 Å². The molecule has 1 aliphatic heterocycles. The maximum atomic E-state index is 13.0. The maximum absolute atomic E-state index is 13.0. The maximum Gasteiger partial charge on any atom is 0.274 e. The molecule has 0 saturated carbocycles. The molecule has 1 aliphatic rings. The van der Waals surface area contributed by atoms with Crippen LogP contribution in [0.5, 0.6) is 0 Å². The Kier molecular flexibility index (Phi) is 5.72. The Morgan fingerprint density at radius 1 is 1.32 bits per heavy atom. The van der Waals surface area contributed by atoms with Gasteiger partial charge in [-0.2, -0.15) is 0 Å². The molecule has 148 valence electrons. The third-order valence-electron chi connectivity index (χ3n) is 4.83. The van der Waals surface area contributed by atoms with Gasteiger partial charge in [0.15, 0.2) is 5.82 Å². The molecule has 2 N–H and O–H groups in total. The summed E-state index contributed by atoms with van der Waals surface area (Å²) in [5.74, 6) is -0.238. The number of hydrogen-bond donors (Lipinski definition) is 2. The standard InChI is InChI=1S/C19H23FN6O2/c1-4-14-15(11-25(3)18(28)16(14)21-2)17(27)24-13-5-7-26(8-6-13)19-22-9-12(20)10-23-19/h4,9-11,13,21H,1,5-8H2,2-3H3,(H,24,27). The summed E-state index contributed by atoms with van der Waals surface area (Å²) in [6.45, 7) is 5.04. The van der Waals surface area contributed by atoms with Crippen molar-refractivity contribution in [3.05, 3.63) is 52.5 Å². The smallest absolute Gasteiger partial charge is 0.274 e. The third kappa shape index (κ3) is 3.88. The SMILES string of the molecule is C=Cc1c(C(=O)NC2CCN(c3ncc(F)cn3)CC2)cn(C)c(=O)c1NC. The molecule has 3 heterocycles. The van der Waals surface area contributed by atoms with Crippen LogP contribution in [-0.4, -0.2) is 46.6 Å². The fourth-order valence-corrected chi connectivity index (χ4v) is 3.34. The van der Waals surface area contributed by atoms with Gasteiger partial charge in [0, 0.05) is 45.0 Å². The Bertz CT molecular complexity index is 933. The van der Waals surface area contributed by atoms with Crippen LogP contribution in [0.4, 0.5) is 16.0 Å². The first-order chi connectivity index (χ1) is 13.4. The minimum atomic E-state index is -0.470. The highest BCUT2D eigenvalue weighted by atomic mass is 19.1. The molecule has 9 heteroatoms. The lowest BCUT2D eigenvalue weighted by atomic mass is 10.0. The number of nitrogens with zero attached hydrogens (tertiary/aromatic N) is 4. The number of carbonyl (C=O) groups is 1. The quantitative estimate of drug-likeness (QED) is 0.807. The van der Waals surface area contributed by atoms with E-state index in [1.165, 1.54) is 16.8 Å². The molecule has 0 aromatic carbocycles. The Labute approximate surface area is 162 Å². The van der Waals surface area contributed by atoms with Crippen molar-refractivity contribution in [1.82, 2.24) is 19.9 Å². The fourth-order valence-electron chi connectivity index (χ4n) is 3.34. The summed E-state index contributed by atoms with van der Waals surface area (Å²) in [4.78, 5) is 35.0. The Hall–Kier alpha value is -3.23. The van der Waals surface area contributed by atoms with E-state index >= 15 is 0 Å². The number of rotatable bonds is 5. The first-order valence-electron chi connectivity index (χ1n) is 9.01. The number of halogens is 1. The van der Waals surface area contributed by atoms with Crippen molar-refractivity contribution in [2.24, 2.45) is 7.05 Å². The second-order valence-electron chi connectivity index (χ2n) is 6.64. The fraction of sp³-hybridized carbons (Fsp3) is 0.368. The highest BCUT2D eigenvalue weighted by molar-refractivity contribution is 5.99. The number of amides is 1. The van der Waals surface area contributed by atoms with Crippen molar-refractivity contribution in [3.63, 3.8) is 0 Å². The van der Waals surface area contributed by atoms with Crippen molar-refractivity contribution >= 4 is 23.6 Å². The van der Waals surface area contributed by atoms with E-state index in [9.17, 15) is 14.0 Å². The zero-order chi connectivity index (χ0) is 20.3. The molecule has 0 radical (unpaired) electrons. The lowest BCUT2D eigenvalue weighted by molar-refractivity contribution is 0.0930. The minimum absolute atomic E-state index is 0.0165. The molecule has 1 amide bonds. The van der Waals surface area contributed by atoms with Crippen molar-refractivity contribution in [2.45, 2.75) is 18.9 Å². The average Bonchev–Trinajstić information content (AvgIpc) is 2.70. The van der Waals surface area contributed by atoms with Gasteiger partial charge in [-0.3, -0.25) is 9.59 Å². The van der Waals surface area contributed by atoms with Crippen LogP contribution < -0.4 is 21.1 Å². The van der Waals surface area contributed by atoms with Crippen LogP contribution in [0.25, 0.3) is 6.08 Å². The van der Waals surface area contributed by atoms with Crippen LogP contribution in [0, 0.1) is 5.82 Å². The number of aromatic nitrogens is 3. The van der Waals surface area contributed by atoms with Crippen LogP contribution in [0.1, 0.15) is 28.8 Å². The first kappa shape index (κ1) is 19.5. The van der Waals surface area contributed by atoms with Gasteiger partial charge >= 0.3 is 0 Å². The van der Waals surface area contributed by atoms with Crippen LogP contribution >= 0.6 is 0 Å². The van der Waals surface area contributed by atoms with Crippen molar-refractivity contribution in [2.75, 3.05) is 30.4 Å². The summed E-state index contributed by atoms with van der Waals surface area (Å²) in [7, 11) is 3.24. The number of aryl methyl sites for hydroxylation is 1. The van der Waals surface area contributed by atoms with E-state index < -0.39 is 5.82 Å². The molecular weight excluding hydrogens is 363 g/mol. The summed E-state index contributed by atoms with van der Waals surface area (Å²) in [6, 6.07) is -0.0165. The van der Waals surface area contributed by atoms with Crippen LogP contribution in [0.3, 0.4) is 0 Å². The Balaban J connectivity index is 1.69. The molecule has 0 aliphatic carbocycles. The predicted octanol–water partition coefficient (Wildman–Crippen LogP) is 1.40. The summed E-state index contributed by atoms with van der Waals surface area (Å²) < 4.78 is 14.3. The predicted molar refractivity (Wildman–Crippen MR) is 106 cm³/mol. The molecule has 0 spiro atoms. The molecule has 0 bridgehead atoms. The second kappa shape index (κ2) is 8.20. The average molecular weight is 386 g/mol. The lowest BCUT2D eigenvalue weighted by Gasteiger charge is -2.32. The molecule has 28 heavy (non-hydrogen) atoms. The highest BCUT2D eigenvalue weighted by Gasteiger charge is 2.24. The monoisotopic (exact) mass is 386 g/mol.